The molecule has 16 heavy (non-hydrogen) atoms. The molecule has 0 aliphatic heterocycles. The third-order valence-corrected chi connectivity index (χ3v) is 2.40. The van der Waals surface area contributed by atoms with E-state index in [0.717, 1.165) is 18.2 Å². The van der Waals surface area contributed by atoms with Crippen molar-refractivity contribution in [3.05, 3.63) is 52.4 Å². The highest BCUT2D eigenvalue weighted by Gasteiger charge is 1.95. The molecule has 4 heteroatoms. The highest BCUT2D eigenvalue weighted by molar-refractivity contribution is 7.71. The van der Waals surface area contributed by atoms with Crippen LogP contribution in [-0.4, -0.2) is 9.97 Å². The molecule has 1 aromatic heterocycles. The van der Waals surface area contributed by atoms with E-state index in [1.807, 2.05) is 31.2 Å². The lowest BCUT2D eigenvalue weighted by Crippen LogP contribution is -2.02. The van der Waals surface area contributed by atoms with Gasteiger partial charge >= 0.3 is 0 Å². The summed E-state index contributed by atoms with van der Waals surface area (Å²) in [5, 5.41) is 3.28. The Bertz CT molecular complexity index is 519. The average molecular weight is 231 g/mol. The van der Waals surface area contributed by atoms with Gasteiger partial charge in [-0.15, -0.1) is 0 Å². The molecular weight excluding hydrogens is 218 g/mol. The summed E-state index contributed by atoms with van der Waals surface area (Å²) in [6.07, 6.45) is 0. The summed E-state index contributed by atoms with van der Waals surface area (Å²) in [6, 6.07) is 12.0. The van der Waals surface area contributed by atoms with Crippen LogP contribution in [0.3, 0.4) is 0 Å². The molecular formula is C12H13N3S. The first kappa shape index (κ1) is 10.8. The molecule has 1 heterocycles. The van der Waals surface area contributed by atoms with Gasteiger partial charge in [0.2, 0.25) is 0 Å². The Hall–Kier alpha value is -1.68. The molecule has 0 saturated carbocycles. The molecule has 2 aromatic rings. The number of rotatable bonds is 3. The fourth-order valence-electron chi connectivity index (χ4n) is 1.47. The molecule has 0 unspecified atom stereocenters. The maximum atomic E-state index is 5.05. The highest BCUT2D eigenvalue weighted by atomic mass is 32.1. The number of aromatic nitrogens is 2. The minimum atomic E-state index is 0.604. The van der Waals surface area contributed by atoms with Crippen molar-refractivity contribution in [1.29, 1.82) is 0 Å². The van der Waals surface area contributed by atoms with Crippen LogP contribution in [-0.2, 0) is 6.54 Å². The molecule has 0 aliphatic carbocycles. The topological polar surface area (TPSA) is 40.7 Å². The Morgan fingerprint density at radius 2 is 2.06 bits per heavy atom. The summed E-state index contributed by atoms with van der Waals surface area (Å²) in [4.78, 5) is 7.24. The Morgan fingerprint density at radius 1 is 1.31 bits per heavy atom. The predicted molar refractivity (Wildman–Crippen MR) is 67.9 cm³/mol. The number of nitrogens with one attached hydrogen (secondary N) is 2. The second-order valence-corrected chi connectivity index (χ2v) is 3.98. The Labute approximate surface area is 99.6 Å². The van der Waals surface area contributed by atoms with Crippen LogP contribution >= 0.6 is 12.2 Å². The quantitative estimate of drug-likeness (QED) is 0.798. The lowest BCUT2D eigenvalue weighted by molar-refractivity contribution is 1.01. The van der Waals surface area contributed by atoms with E-state index in [-0.39, 0.29) is 0 Å². The minimum Gasteiger partial charge on any atom is -0.367 e. The van der Waals surface area contributed by atoms with Crippen LogP contribution in [0.5, 0.6) is 0 Å². The SMILES string of the molecule is Cc1nc(=S)cc(NCc2ccccc2)[nH]1. The molecule has 2 rings (SSSR count). The monoisotopic (exact) mass is 231 g/mol. The number of aryl methyl sites for hydroxylation is 1. The van der Waals surface area contributed by atoms with Gasteiger partial charge in [-0.25, -0.2) is 4.98 Å². The Kier molecular flexibility index (Phi) is 3.31. The average Bonchev–Trinajstić information content (AvgIpc) is 2.27. The van der Waals surface area contributed by atoms with Gasteiger partial charge in [0.05, 0.1) is 0 Å². The fraction of sp³-hybridized carbons (Fsp3) is 0.167. The number of benzene rings is 1. The molecule has 82 valence electrons. The van der Waals surface area contributed by atoms with E-state index in [2.05, 4.69) is 27.4 Å². The van der Waals surface area contributed by atoms with Gasteiger partial charge in [-0.3, -0.25) is 0 Å². The van der Waals surface area contributed by atoms with Crippen LogP contribution in [0.15, 0.2) is 36.4 Å². The van der Waals surface area contributed by atoms with Gasteiger partial charge in [0.1, 0.15) is 16.3 Å². The number of hydrogen-bond donors (Lipinski definition) is 2. The summed E-state index contributed by atoms with van der Waals surface area (Å²) < 4.78 is 0.604. The predicted octanol–water partition coefficient (Wildman–Crippen LogP) is 3.06. The van der Waals surface area contributed by atoms with Crippen molar-refractivity contribution in [2.24, 2.45) is 0 Å². The first-order valence-corrected chi connectivity index (χ1v) is 5.50. The van der Waals surface area contributed by atoms with Crippen LogP contribution in [0.2, 0.25) is 0 Å². The molecule has 2 N–H and O–H groups in total. The van der Waals surface area contributed by atoms with Crippen LogP contribution in [0.1, 0.15) is 11.4 Å². The first-order valence-electron chi connectivity index (χ1n) is 5.10. The third-order valence-electron chi connectivity index (χ3n) is 2.19. The summed E-state index contributed by atoms with van der Waals surface area (Å²) in [5.74, 6) is 1.73. The number of nitrogens with zero attached hydrogens (tertiary/aromatic N) is 1. The fourth-order valence-corrected chi connectivity index (χ4v) is 1.72. The van der Waals surface area contributed by atoms with Crippen LogP contribution < -0.4 is 5.32 Å². The Morgan fingerprint density at radius 3 is 2.75 bits per heavy atom. The molecule has 1 aromatic carbocycles. The van der Waals surface area contributed by atoms with Gasteiger partial charge in [-0.05, 0) is 12.5 Å². The zero-order chi connectivity index (χ0) is 11.4. The van der Waals surface area contributed by atoms with Gasteiger partial charge in [-0.1, -0.05) is 42.5 Å². The van der Waals surface area contributed by atoms with Crippen molar-refractivity contribution >= 4 is 18.0 Å². The van der Waals surface area contributed by atoms with Crippen LogP contribution in [0.25, 0.3) is 0 Å². The van der Waals surface area contributed by atoms with E-state index in [0.29, 0.717) is 4.64 Å². The van der Waals surface area contributed by atoms with E-state index in [4.69, 9.17) is 12.2 Å². The highest BCUT2D eigenvalue weighted by Crippen LogP contribution is 2.06. The lowest BCUT2D eigenvalue weighted by Gasteiger charge is -2.07. The minimum absolute atomic E-state index is 0.604. The zero-order valence-corrected chi connectivity index (χ0v) is 9.84. The number of hydrogen-bond acceptors (Lipinski definition) is 3. The summed E-state index contributed by atoms with van der Waals surface area (Å²) in [6.45, 7) is 2.67. The molecule has 0 fully saturated rings. The first-order chi connectivity index (χ1) is 7.74. The van der Waals surface area contributed by atoms with Crippen molar-refractivity contribution in [2.75, 3.05) is 5.32 Å². The normalized spacial score (nSPS) is 10.1. The van der Waals surface area contributed by atoms with Gasteiger partial charge in [0, 0.05) is 12.6 Å². The lowest BCUT2D eigenvalue weighted by atomic mass is 10.2. The molecule has 0 saturated heterocycles. The molecule has 0 radical (unpaired) electrons. The van der Waals surface area contributed by atoms with Gasteiger partial charge in [0.15, 0.2) is 0 Å². The molecule has 0 bridgehead atoms. The molecule has 3 nitrogen and oxygen atoms in total. The number of H-pyrrole nitrogens is 1. The summed E-state index contributed by atoms with van der Waals surface area (Å²) >= 11 is 5.05. The summed E-state index contributed by atoms with van der Waals surface area (Å²) in [7, 11) is 0. The van der Waals surface area contributed by atoms with Crippen molar-refractivity contribution in [1.82, 2.24) is 9.97 Å². The number of aromatic amines is 1. The summed E-state index contributed by atoms with van der Waals surface area (Å²) in [5.41, 5.74) is 1.23. The Balaban J connectivity index is 2.08. The van der Waals surface area contributed by atoms with Crippen LogP contribution in [0, 0.1) is 11.6 Å². The number of anilines is 1. The van der Waals surface area contributed by atoms with Gasteiger partial charge in [0.25, 0.3) is 0 Å². The van der Waals surface area contributed by atoms with E-state index in [1.54, 1.807) is 0 Å². The zero-order valence-electron chi connectivity index (χ0n) is 9.03. The second kappa shape index (κ2) is 4.90. The maximum absolute atomic E-state index is 5.05. The molecule has 0 atom stereocenters. The van der Waals surface area contributed by atoms with E-state index in [9.17, 15) is 0 Å². The largest absolute Gasteiger partial charge is 0.367 e. The van der Waals surface area contributed by atoms with Crippen molar-refractivity contribution in [3.8, 4) is 0 Å². The maximum Gasteiger partial charge on any atom is 0.131 e. The van der Waals surface area contributed by atoms with Crippen molar-refractivity contribution in [3.63, 3.8) is 0 Å². The van der Waals surface area contributed by atoms with E-state index < -0.39 is 0 Å². The standard InChI is InChI=1S/C12H13N3S/c1-9-14-11(7-12(16)15-9)13-8-10-5-3-2-4-6-10/h2-7H,8H2,1H3,(H2,13,14,15,16). The van der Waals surface area contributed by atoms with E-state index in [1.165, 1.54) is 5.56 Å². The van der Waals surface area contributed by atoms with Crippen molar-refractivity contribution < 1.29 is 0 Å². The molecule has 0 amide bonds. The third kappa shape index (κ3) is 2.90. The van der Waals surface area contributed by atoms with Gasteiger partial charge in [-0.2, -0.15) is 0 Å². The molecule has 0 spiro atoms. The van der Waals surface area contributed by atoms with Crippen LogP contribution in [0.4, 0.5) is 5.82 Å². The van der Waals surface area contributed by atoms with Gasteiger partial charge < -0.3 is 10.3 Å². The second-order valence-electron chi connectivity index (χ2n) is 3.56. The smallest absolute Gasteiger partial charge is 0.131 e. The van der Waals surface area contributed by atoms with E-state index >= 15 is 0 Å². The molecule has 0 aliphatic rings. The van der Waals surface area contributed by atoms with Crippen molar-refractivity contribution in [2.45, 2.75) is 13.5 Å².